The summed E-state index contributed by atoms with van der Waals surface area (Å²) >= 11 is 3.51. The highest BCUT2D eigenvalue weighted by Crippen LogP contribution is 2.39. The van der Waals surface area contributed by atoms with Gasteiger partial charge in [-0.1, -0.05) is 34.1 Å². The van der Waals surface area contributed by atoms with Crippen LogP contribution in [0.2, 0.25) is 0 Å². The van der Waals surface area contributed by atoms with Crippen molar-refractivity contribution in [2.75, 3.05) is 13.2 Å². The van der Waals surface area contributed by atoms with Crippen LogP contribution in [0.4, 0.5) is 0 Å². The van der Waals surface area contributed by atoms with E-state index in [9.17, 15) is 0 Å². The van der Waals surface area contributed by atoms with Gasteiger partial charge in [-0.25, -0.2) is 0 Å². The molecular weight excluding hydrogens is 242 g/mol. The average molecular weight is 252 g/mol. The first-order valence-corrected chi connectivity index (χ1v) is 5.27. The van der Waals surface area contributed by atoms with Crippen molar-refractivity contribution in [3.8, 4) is 6.07 Å². The van der Waals surface area contributed by atoms with E-state index in [0.717, 1.165) is 4.47 Å². The third-order valence-corrected chi connectivity index (χ3v) is 3.31. The summed E-state index contributed by atoms with van der Waals surface area (Å²) in [5.41, 5.74) is 1.11. The smallest absolute Gasteiger partial charge is 0.0632 e. The van der Waals surface area contributed by atoms with Gasteiger partial charge in [0.1, 0.15) is 0 Å². The van der Waals surface area contributed by atoms with Crippen LogP contribution >= 0.6 is 15.9 Å². The molecule has 1 heterocycles. The predicted octanol–water partition coefficient (Wildman–Crippen LogP) is 2.63. The number of hydrogen-bond acceptors (Lipinski definition) is 2. The van der Waals surface area contributed by atoms with Gasteiger partial charge < -0.3 is 4.74 Å². The minimum Gasteiger partial charge on any atom is -0.379 e. The summed E-state index contributed by atoms with van der Waals surface area (Å²) in [6.45, 7) is 1.31. The normalized spacial score (nSPS) is 18.3. The van der Waals surface area contributed by atoms with Crippen LogP contribution in [0.5, 0.6) is 0 Å². The van der Waals surface area contributed by atoms with Crippen molar-refractivity contribution in [3.63, 3.8) is 0 Å². The lowest BCUT2D eigenvalue weighted by molar-refractivity contribution is -0.0580. The van der Waals surface area contributed by atoms with Crippen LogP contribution in [0.15, 0.2) is 28.7 Å². The molecule has 1 saturated heterocycles. The molecule has 1 aliphatic rings. The maximum absolute atomic E-state index is 8.80. The molecule has 1 fully saturated rings. The summed E-state index contributed by atoms with van der Waals surface area (Å²) in [6, 6.07) is 10.3. The van der Waals surface area contributed by atoms with Crippen LogP contribution in [0, 0.1) is 11.3 Å². The molecule has 3 heteroatoms. The maximum Gasteiger partial charge on any atom is 0.0632 e. The quantitative estimate of drug-likeness (QED) is 0.810. The highest BCUT2D eigenvalue weighted by molar-refractivity contribution is 9.10. The summed E-state index contributed by atoms with van der Waals surface area (Å²) in [5.74, 6) is 0. The van der Waals surface area contributed by atoms with Gasteiger partial charge in [0.25, 0.3) is 0 Å². The van der Waals surface area contributed by atoms with Crippen LogP contribution in [-0.2, 0) is 10.2 Å². The molecule has 0 aromatic heterocycles. The highest BCUT2D eigenvalue weighted by atomic mass is 79.9. The van der Waals surface area contributed by atoms with Gasteiger partial charge in [-0.2, -0.15) is 5.26 Å². The lowest BCUT2D eigenvalue weighted by Crippen LogP contribution is -2.46. The number of benzene rings is 1. The number of hydrogen-bond donors (Lipinski definition) is 0. The molecule has 1 aliphatic heterocycles. The zero-order chi connectivity index (χ0) is 10.0. The summed E-state index contributed by atoms with van der Waals surface area (Å²) in [6.07, 6.45) is 0.523. The van der Waals surface area contributed by atoms with E-state index >= 15 is 0 Å². The Hall–Kier alpha value is -0.850. The summed E-state index contributed by atoms with van der Waals surface area (Å²) < 4.78 is 6.30. The number of halogens is 1. The Bertz CT molecular complexity index is 379. The van der Waals surface area contributed by atoms with Crippen LogP contribution in [0.3, 0.4) is 0 Å². The number of ether oxygens (including phenoxy) is 1. The van der Waals surface area contributed by atoms with Crippen LogP contribution in [0.25, 0.3) is 0 Å². The summed E-state index contributed by atoms with van der Waals surface area (Å²) in [7, 11) is 0. The SMILES string of the molecule is N#CCC1(c2ccccc2Br)COC1. The van der Waals surface area contributed by atoms with Crippen molar-refractivity contribution >= 4 is 15.9 Å². The zero-order valence-electron chi connectivity index (χ0n) is 7.66. The van der Waals surface area contributed by atoms with Crippen molar-refractivity contribution in [2.24, 2.45) is 0 Å². The highest BCUT2D eigenvalue weighted by Gasteiger charge is 2.41. The standard InChI is InChI=1S/C11H10BrNO/c12-10-4-2-1-3-9(10)11(5-6-13)7-14-8-11/h1-4H,5,7-8H2. The van der Waals surface area contributed by atoms with E-state index in [1.54, 1.807) is 0 Å². The molecule has 0 unspecified atom stereocenters. The lowest BCUT2D eigenvalue weighted by atomic mass is 9.76. The molecule has 0 atom stereocenters. The predicted molar refractivity (Wildman–Crippen MR) is 56.9 cm³/mol. The fourth-order valence-electron chi connectivity index (χ4n) is 1.74. The fourth-order valence-corrected chi connectivity index (χ4v) is 2.45. The topological polar surface area (TPSA) is 33.0 Å². The average Bonchev–Trinajstić information content (AvgIpc) is 2.13. The van der Waals surface area contributed by atoms with Gasteiger partial charge in [-0.15, -0.1) is 0 Å². The largest absolute Gasteiger partial charge is 0.379 e. The van der Waals surface area contributed by atoms with Gasteiger partial charge >= 0.3 is 0 Å². The molecule has 0 saturated carbocycles. The Kier molecular flexibility index (Phi) is 2.58. The number of nitriles is 1. The lowest BCUT2D eigenvalue weighted by Gasteiger charge is -2.40. The van der Waals surface area contributed by atoms with E-state index in [2.05, 4.69) is 28.1 Å². The van der Waals surface area contributed by atoms with Crippen molar-refractivity contribution in [2.45, 2.75) is 11.8 Å². The first-order valence-electron chi connectivity index (χ1n) is 4.48. The molecule has 0 spiro atoms. The Labute approximate surface area is 91.6 Å². The zero-order valence-corrected chi connectivity index (χ0v) is 9.25. The summed E-state index contributed by atoms with van der Waals surface area (Å²) in [4.78, 5) is 0. The molecule has 1 aromatic rings. The van der Waals surface area contributed by atoms with Gasteiger partial charge in [0.2, 0.25) is 0 Å². The van der Waals surface area contributed by atoms with Crippen molar-refractivity contribution in [1.29, 1.82) is 5.26 Å². The first-order chi connectivity index (χ1) is 6.78. The Morgan fingerprint density at radius 2 is 2.14 bits per heavy atom. The third-order valence-electron chi connectivity index (χ3n) is 2.62. The van der Waals surface area contributed by atoms with E-state index in [4.69, 9.17) is 10.00 Å². The molecule has 0 radical (unpaired) electrons. The van der Waals surface area contributed by atoms with Gasteiger partial charge in [0.15, 0.2) is 0 Å². The molecule has 1 aromatic carbocycles. The third kappa shape index (κ3) is 1.45. The monoisotopic (exact) mass is 251 g/mol. The van der Waals surface area contributed by atoms with Gasteiger partial charge in [0.05, 0.1) is 24.7 Å². The minimum absolute atomic E-state index is 0.0746. The summed E-state index contributed by atoms with van der Waals surface area (Å²) in [5, 5.41) is 8.80. The molecule has 2 rings (SSSR count). The number of rotatable bonds is 2. The molecule has 0 aliphatic carbocycles. The second-order valence-corrected chi connectivity index (χ2v) is 4.44. The van der Waals surface area contributed by atoms with Crippen molar-refractivity contribution in [3.05, 3.63) is 34.3 Å². The minimum atomic E-state index is -0.0746. The van der Waals surface area contributed by atoms with Gasteiger partial charge in [-0.05, 0) is 11.6 Å². The van der Waals surface area contributed by atoms with Crippen LogP contribution in [0.1, 0.15) is 12.0 Å². The van der Waals surface area contributed by atoms with E-state index in [1.165, 1.54) is 5.56 Å². The Balaban J connectivity index is 2.37. The van der Waals surface area contributed by atoms with E-state index in [0.29, 0.717) is 19.6 Å². The molecule has 0 bridgehead atoms. The molecule has 0 N–H and O–H groups in total. The maximum atomic E-state index is 8.80. The van der Waals surface area contributed by atoms with Crippen molar-refractivity contribution < 1.29 is 4.74 Å². The Morgan fingerprint density at radius 1 is 1.43 bits per heavy atom. The Morgan fingerprint density at radius 3 is 2.64 bits per heavy atom. The fraction of sp³-hybridized carbons (Fsp3) is 0.364. The molecular formula is C11H10BrNO. The molecule has 2 nitrogen and oxygen atoms in total. The number of nitrogens with zero attached hydrogens (tertiary/aromatic N) is 1. The second kappa shape index (κ2) is 3.72. The van der Waals surface area contributed by atoms with Gasteiger partial charge in [0, 0.05) is 10.9 Å². The van der Waals surface area contributed by atoms with Crippen LogP contribution in [-0.4, -0.2) is 13.2 Å². The van der Waals surface area contributed by atoms with E-state index in [-0.39, 0.29) is 5.41 Å². The van der Waals surface area contributed by atoms with E-state index in [1.807, 2.05) is 18.2 Å². The van der Waals surface area contributed by atoms with E-state index < -0.39 is 0 Å². The second-order valence-electron chi connectivity index (χ2n) is 3.59. The first kappa shape index (κ1) is 9.70. The molecule has 14 heavy (non-hydrogen) atoms. The molecule has 72 valence electrons. The molecule has 0 amide bonds. The van der Waals surface area contributed by atoms with Gasteiger partial charge in [-0.3, -0.25) is 0 Å². The van der Waals surface area contributed by atoms with Crippen molar-refractivity contribution in [1.82, 2.24) is 0 Å². The van der Waals surface area contributed by atoms with Crippen LogP contribution < -0.4 is 0 Å².